The molecule has 2 aromatic heterocycles. The number of nitrogens with zero attached hydrogens (tertiary/aromatic N) is 4. The maximum Gasteiger partial charge on any atom is 0.481 e. The van der Waals surface area contributed by atoms with Crippen LogP contribution in [0.5, 0.6) is 0 Å². The minimum atomic E-state index is -5.58. The predicted octanol–water partition coefficient (Wildman–Crippen LogP) is -1.56. The molecule has 0 radical (unpaired) electrons. The van der Waals surface area contributed by atoms with Gasteiger partial charge in [0.05, 0.1) is 25.6 Å². The summed E-state index contributed by atoms with van der Waals surface area (Å²) < 4.78 is 62.0. The fourth-order valence-electron chi connectivity index (χ4n) is 4.75. The van der Waals surface area contributed by atoms with Gasteiger partial charge >= 0.3 is 23.5 Å². The molecule has 0 aliphatic carbocycles. The lowest BCUT2D eigenvalue weighted by Gasteiger charge is -2.30. The fourth-order valence-corrected chi connectivity index (χ4v) is 8.33. The Bertz CT molecular complexity index is 1890. The smallest absolute Gasteiger partial charge is 0.392 e. The van der Waals surface area contributed by atoms with Gasteiger partial charge in [0.1, 0.15) is 36.3 Å². The zero-order chi connectivity index (χ0) is 42.1. The third kappa shape index (κ3) is 14.5. The number of terminal acetylenes is 1. The summed E-state index contributed by atoms with van der Waals surface area (Å²) >= 11 is 0.896. The van der Waals surface area contributed by atoms with Crippen LogP contribution in [0.15, 0.2) is 12.7 Å². The van der Waals surface area contributed by atoms with E-state index in [-0.39, 0.29) is 60.2 Å². The van der Waals surface area contributed by atoms with Crippen LogP contribution in [-0.2, 0) is 50.7 Å². The van der Waals surface area contributed by atoms with E-state index in [1.165, 1.54) is 13.8 Å². The van der Waals surface area contributed by atoms with E-state index in [2.05, 4.69) is 40.3 Å². The molecular formula is C27H42N7O18P3S. The van der Waals surface area contributed by atoms with Crippen LogP contribution in [0.2, 0.25) is 0 Å². The van der Waals surface area contributed by atoms with Gasteiger partial charge in [-0.1, -0.05) is 25.6 Å². The average molecular weight is 878 g/mol. The van der Waals surface area contributed by atoms with E-state index in [4.69, 9.17) is 25.9 Å². The van der Waals surface area contributed by atoms with Crippen molar-refractivity contribution >= 4 is 69.1 Å². The number of anilines is 1. The van der Waals surface area contributed by atoms with Crippen LogP contribution in [0.1, 0.15) is 39.3 Å². The molecule has 56 heavy (non-hydrogen) atoms. The summed E-state index contributed by atoms with van der Waals surface area (Å²) in [6.07, 6.45) is -3.02. The van der Waals surface area contributed by atoms with Crippen molar-refractivity contribution in [2.75, 3.05) is 37.8 Å². The first-order chi connectivity index (χ1) is 25.9. The molecule has 2 unspecified atom stereocenters. The average Bonchev–Trinajstić information content (AvgIpc) is 3.64. The molecular weight excluding hydrogens is 835 g/mol. The van der Waals surface area contributed by atoms with Gasteiger partial charge in [0.15, 0.2) is 22.8 Å². The molecule has 2 aromatic rings. The molecule has 29 heteroatoms. The molecule has 11 N–H and O–H groups in total. The van der Waals surface area contributed by atoms with Crippen LogP contribution >= 0.6 is 35.2 Å². The highest BCUT2D eigenvalue weighted by Crippen LogP contribution is 2.61. The quantitative estimate of drug-likeness (QED) is 0.0363. The number of hydrogen-bond acceptors (Lipinski definition) is 19. The fraction of sp³-hybridized carbons (Fsp3) is 0.630. The van der Waals surface area contributed by atoms with Crippen molar-refractivity contribution in [1.82, 2.24) is 30.2 Å². The van der Waals surface area contributed by atoms with Crippen LogP contribution in [0.4, 0.5) is 5.82 Å². The highest BCUT2D eigenvalue weighted by atomic mass is 32.2. The Kier molecular flexibility index (Phi) is 17.1. The van der Waals surface area contributed by atoms with Crippen LogP contribution in [0.3, 0.4) is 0 Å². The van der Waals surface area contributed by atoms with Gasteiger partial charge in [0.25, 0.3) is 0 Å². The predicted molar refractivity (Wildman–Crippen MR) is 191 cm³/mol. The third-order valence-corrected chi connectivity index (χ3v) is 11.5. The van der Waals surface area contributed by atoms with Crippen molar-refractivity contribution in [3.8, 4) is 12.3 Å². The number of aromatic nitrogens is 4. The van der Waals surface area contributed by atoms with Gasteiger partial charge in [-0.25, -0.2) is 28.6 Å². The molecule has 314 valence electrons. The number of nitrogen functional groups attached to an aromatic ring is 1. The van der Waals surface area contributed by atoms with Crippen molar-refractivity contribution in [2.45, 2.75) is 69.9 Å². The van der Waals surface area contributed by atoms with Gasteiger partial charge in [0, 0.05) is 43.5 Å². The number of fused-ring (bicyclic) bond motifs is 1. The molecule has 0 saturated carbocycles. The number of carbonyl (C=O) groups is 3. The molecule has 0 bridgehead atoms. The van der Waals surface area contributed by atoms with Gasteiger partial charge in [-0.2, -0.15) is 4.31 Å². The van der Waals surface area contributed by atoms with Crippen LogP contribution < -0.4 is 16.4 Å². The molecule has 3 rings (SSSR count). The molecule has 0 spiro atoms. The number of nitrogens with two attached hydrogens (primary N) is 1. The summed E-state index contributed by atoms with van der Waals surface area (Å²) in [4.78, 5) is 87.2. The van der Waals surface area contributed by atoms with E-state index in [9.17, 15) is 63.0 Å². The molecule has 2 amide bonds. The summed E-state index contributed by atoms with van der Waals surface area (Å²) in [6.45, 7) is 0.282. The first-order valence-corrected chi connectivity index (χ1v) is 21.6. The van der Waals surface area contributed by atoms with Gasteiger partial charge in [0.2, 0.25) is 11.8 Å². The first-order valence-electron chi connectivity index (χ1n) is 16.1. The number of amides is 2. The summed E-state index contributed by atoms with van der Waals surface area (Å²) in [5.41, 5.74) is 4.22. The van der Waals surface area contributed by atoms with E-state index in [1.807, 2.05) is 0 Å². The van der Waals surface area contributed by atoms with Crippen LogP contribution in [0, 0.1) is 17.8 Å². The van der Waals surface area contributed by atoms with Crippen molar-refractivity contribution in [3.63, 3.8) is 0 Å². The summed E-state index contributed by atoms with van der Waals surface area (Å²) in [6, 6.07) is 0. The number of phosphoric acid groups is 3. The minimum absolute atomic E-state index is 0.0227. The zero-order valence-electron chi connectivity index (χ0n) is 29.6. The van der Waals surface area contributed by atoms with Crippen molar-refractivity contribution in [1.29, 1.82) is 0 Å². The minimum Gasteiger partial charge on any atom is -0.392 e. The number of aliphatic hydroxyl groups is 3. The molecule has 0 aromatic carbocycles. The highest BCUT2D eigenvalue weighted by molar-refractivity contribution is 8.13. The third-order valence-electron chi connectivity index (χ3n) is 7.52. The van der Waals surface area contributed by atoms with Crippen LogP contribution in [-0.4, -0.2) is 134 Å². The number of imidazole rings is 1. The Morgan fingerprint density at radius 1 is 1.09 bits per heavy atom. The topological polar surface area (TPSA) is 384 Å². The maximum atomic E-state index is 12.7. The zero-order valence-corrected chi connectivity index (χ0v) is 33.1. The van der Waals surface area contributed by atoms with Crippen LogP contribution in [0.25, 0.3) is 11.2 Å². The number of phosphoric ester groups is 3. The molecule has 3 heterocycles. The van der Waals surface area contributed by atoms with Gasteiger partial charge in [-0.05, 0) is 0 Å². The number of ether oxygens (including phenoxy) is 1. The second-order valence-corrected chi connectivity index (χ2v) is 17.9. The SMILES string of the molecule is C#CC[C@@H](O)CC(=O)SCCNC(=O)CCNC(=O)[C@H](O)C(C)(C)COP(=O)(O)OP(=O)(O)OC[C@H]1O[C@@H](n2cnc3c(N)ncnc32)[C@H](O)[C@@H]1OP(=O)(O)O. The molecule has 1 aliphatic heterocycles. The second kappa shape index (κ2) is 20.2. The largest absolute Gasteiger partial charge is 0.481 e. The van der Waals surface area contributed by atoms with Crippen molar-refractivity contribution in [2.24, 2.45) is 5.41 Å². The summed E-state index contributed by atoms with van der Waals surface area (Å²) in [5.74, 6) is 0.905. The number of carbonyl (C=O) groups excluding carboxylic acids is 3. The standard InChI is InChI=1S/C27H42N7O18P3S/c1-4-5-15(35)10-18(37)56-9-8-29-17(36)6-7-30-25(40)22(39)27(2,3)12-49-55(46,47)52-54(44,45)48-11-16-21(51-53(41,42)43)20(38)26(50-16)34-14-33-19-23(28)31-13-32-24(19)34/h1,13-16,20-22,26,35,38-39H,5-12H2,2-3H3,(H,29,36)(H,30,40)(H,44,45)(H,46,47)(H2,28,31,32)(H2,41,42,43)/t15-,16-,20-,21-,22+,26-/m1/s1. The highest BCUT2D eigenvalue weighted by Gasteiger charge is 2.50. The normalized spacial score (nSPS) is 22.1. The lowest BCUT2D eigenvalue weighted by molar-refractivity contribution is -0.137. The van der Waals surface area contributed by atoms with Crippen molar-refractivity contribution < 1.29 is 85.6 Å². The summed E-state index contributed by atoms with van der Waals surface area (Å²) in [7, 11) is -16.4. The maximum absolute atomic E-state index is 12.7. The van der Waals surface area contributed by atoms with E-state index in [0.29, 0.717) is 0 Å². The lowest BCUT2D eigenvalue weighted by atomic mass is 9.87. The second-order valence-electron chi connectivity index (χ2n) is 12.6. The number of thioether (sulfide) groups is 1. The number of aliphatic hydroxyl groups excluding tert-OH is 3. The number of rotatable bonds is 22. The molecule has 8 atom stereocenters. The van der Waals surface area contributed by atoms with E-state index in [1.54, 1.807) is 0 Å². The lowest BCUT2D eigenvalue weighted by Crippen LogP contribution is -2.46. The van der Waals surface area contributed by atoms with Gasteiger partial charge in [-0.15, -0.1) is 12.3 Å². The first kappa shape index (κ1) is 47.5. The monoisotopic (exact) mass is 877 g/mol. The molecule has 25 nitrogen and oxygen atoms in total. The molecule has 1 saturated heterocycles. The summed E-state index contributed by atoms with van der Waals surface area (Å²) in [5, 5.41) is 35.5. The Morgan fingerprint density at radius 2 is 1.77 bits per heavy atom. The van der Waals surface area contributed by atoms with E-state index >= 15 is 0 Å². The van der Waals surface area contributed by atoms with Gasteiger partial charge < -0.3 is 56.0 Å². The Labute approximate surface area is 322 Å². The van der Waals surface area contributed by atoms with E-state index in [0.717, 1.165) is 29.0 Å². The van der Waals surface area contributed by atoms with Gasteiger partial charge in [-0.3, -0.25) is 32.5 Å². The Balaban J connectivity index is 1.48. The number of hydrogen-bond donors (Lipinski definition) is 10. The van der Waals surface area contributed by atoms with Crippen molar-refractivity contribution in [3.05, 3.63) is 12.7 Å². The molecule has 1 aliphatic rings. The number of nitrogens with one attached hydrogen (secondary N) is 2. The van der Waals surface area contributed by atoms with E-state index < -0.39 is 90.7 Å². The molecule has 1 fully saturated rings. The Morgan fingerprint density at radius 3 is 2.43 bits per heavy atom. The Hall–Kier alpha value is -2.92.